The van der Waals surface area contributed by atoms with Gasteiger partial charge in [-0.05, 0) is 23.6 Å². The van der Waals surface area contributed by atoms with Crippen molar-refractivity contribution in [3.8, 4) is 22.2 Å². The van der Waals surface area contributed by atoms with Gasteiger partial charge in [0.05, 0.1) is 19.1 Å². The Morgan fingerprint density at radius 3 is 2.55 bits per heavy atom. The van der Waals surface area contributed by atoms with Gasteiger partial charge in [-0.3, -0.25) is 9.32 Å². The van der Waals surface area contributed by atoms with Crippen LogP contribution >= 0.6 is 11.3 Å². The van der Waals surface area contributed by atoms with Crippen LogP contribution in [0.2, 0.25) is 0 Å². The van der Waals surface area contributed by atoms with E-state index < -0.39 is 15.8 Å². The number of piperazine rings is 1. The Morgan fingerprint density at radius 2 is 1.91 bits per heavy atom. The van der Waals surface area contributed by atoms with E-state index in [0.29, 0.717) is 10.6 Å². The molecule has 1 saturated heterocycles. The molecule has 0 unspecified atom stereocenters. The number of amides is 1. The minimum atomic E-state index is -3.87. The Kier molecular flexibility index (Phi) is 6.54. The molecule has 0 atom stereocenters. The van der Waals surface area contributed by atoms with E-state index in [-0.39, 0.29) is 55.1 Å². The zero-order chi connectivity index (χ0) is 23.6. The van der Waals surface area contributed by atoms with Gasteiger partial charge >= 0.3 is 5.76 Å². The standard InChI is InChI=1S/C20H22N4O7S2/c1-29-14-5-6-15(30-2)17(12-14)33(27,28)23-9-7-22(8-10-23)18(25)13-24-19(21-31-20(24)26)16-4-3-11-32-16/h3-6,11-12H,7-10,13H2,1-2H3. The third-order valence-corrected chi connectivity index (χ3v) is 8.09. The smallest absolute Gasteiger partial charge is 0.442 e. The SMILES string of the molecule is COc1ccc(OC)c(S(=O)(=O)N2CCN(C(=O)Cn3c(-c4cccs4)noc3=O)CC2)c1. The first-order chi connectivity index (χ1) is 15.8. The van der Waals surface area contributed by atoms with Crippen molar-refractivity contribution >= 4 is 27.3 Å². The van der Waals surface area contributed by atoms with E-state index in [9.17, 15) is 18.0 Å². The second-order valence-corrected chi connectivity index (χ2v) is 9.99. The third-order valence-electron chi connectivity index (χ3n) is 5.30. The number of methoxy groups -OCH3 is 2. The summed E-state index contributed by atoms with van der Waals surface area (Å²) in [6, 6.07) is 8.15. The summed E-state index contributed by atoms with van der Waals surface area (Å²) < 4.78 is 44.0. The Balaban J connectivity index is 1.46. The topological polar surface area (TPSA) is 124 Å². The minimum absolute atomic E-state index is 0.000685. The van der Waals surface area contributed by atoms with E-state index in [1.807, 2.05) is 11.4 Å². The van der Waals surface area contributed by atoms with Gasteiger partial charge in [0.25, 0.3) is 0 Å². The monoisotopic (exact) mass is 494 g/mol. The highest BCUT2D eigenvalue weighted by Crippen LogP contribution is 2.31. The number of aromatic nitrogens is 2. The molecule has 176 valence electrons. The molecule has 11 nitrogen and oxygen atoms in total. The summed E-state index contributed by atoms with van der Waals surface area (Å²) in [5, 5.41) is 5.60. The number of hydrogen-bond acceptors (Lipinski definition) is 9. The number of thiophene rings is 1. The predicted octanol–water partition coefficient (Wildman–Crippen LogP) is 1.12. The number of nitrogens with zero attached hydrogens (tertiary/aromatic N) is 4. The van der Waals surface area contributed by atoms with Crippen LogP contribution in [0, 0.1) is 0 Å². The molecule has 1 amide bonds. The Bertz CT molecular complexity index is 1290. The van der Waals surface area contributed by atoms with Crippen molar-refractivity contribution in [1.82, 2.24) is 18.9 Å². The van der Waals surface area contributed by atoms with Crippen LogP contribution in [0.25, 0.3) is 10.7 Å². The minimum Gasteiger partial charge on any atom is -0.497 e. The molecule has 4 rings (SSSR count). The van der Waals surface area contributed by atoms with E-state index in [1.54, 1.807) is 12.1 Å². The first-order valence-corrected chi connectivity index (χ1v) is 12.3. The molecule has 1 aliphatic heterocycles. The van der Waals surface area contributed by atoms with Crippen LogP contribution in [0.4, 0.5) is 0 Å². The van der Waals surface area contributed by atoms with Crippen molar-refractivity contribution in [3.05, 3.63) is 46.3 Å². The Labute approximate surface area is 193 Å². The number of hydrogen-bond donors (Lipinski definition) is 0. The molecule has 2 aromatic heterocycles. The number of rotatable bonds is 7. The molecule has 0 radical (unpaired) electrons. The number of carbonyl (C=O) groups excluding carboxylic acids is 1. The maximum Gasteiger partial charge on any atom is 0.442 e. The molecule has 0 spiro atoms. The van der Waals surface area contributed by atoms with Crippen molar-refractivity contribution in [2.24, 2.45) is 0 Å². The first-order valence-electron chi connectivity index (χ1n) is 9.95. The fraction of sp³-hybridized carbons (Fsp3) is 0.350. The van der Waals surface area contributed by atoms with Crippen molar-refractivity contribution in [2.75, 3.05) is 40.4 Å². The van der Waals surface area contributed by atoms with Crippen molar-refractivity contribution in [1.29, 1.82) is 0 Å². The lowest BCUT2D eigenvalue weighted by molar-refractivity contribution is -0.133. The largest absolute Gasteiger partial charge is 0.497 e. The fourth-order valence-corrected chi connectivity index (χ4v) is 5.83. The normalized spacial score (nSPS) is 14.9. The highest BCUT2D eigenvalue weighted by atomic mass is 32.2. The molecule has 3 heterocycles. The molecule has 1 aliphatic rings. The van der Waals surface area contributed by atoms with Gasteiger partial charge in [-0.2, -0.15) is 4.31 Å². The van der Waals surface area contributed by atoms with Gasteiger partial charge in [-0.1, -0.05) is 11.2 Å². The zero-order valence-corrected chi connectivity index (χ0v) is 19.6. The van der Waals surface area contributed by atoms with E-state index in [0.717, 1.165) is 0 Å². The second kappa shape index (κ2) is 9.37. The van der Waals surface area contributed by atoms with Crippen LogP contribution in [-0.4, -0.2) is 73.7 Å². The summed E-state index contributed by atoms with van der Waals surface area (Å²) in [6.07, 6.45) is 0. The molecule has 1 aromatic carbocycles. The van der Waals surface area contributed by atoms with Gasteiger partial charge in [0.15, 0.2) is 5.82 Å². The highest BCUT2D eigenvalue weighted by molar-refractivity contribution is 7.89. The van der Waals surface area contributed by atoms with Crippen LogP contribution in [0.5, 0.6) is 11.5 Å². The fourth-order valence-electron chi connectivity index (χ4n) is 3.53. The third kappa shape index (κ3) is 4.51. The van der Waals surface area contributed by atoms with Crippen LogP contribution in [0.15, 0.2) is 49.9 Å². The lowest BCUT2D eigenvalue weighted by Gasteiger charge is -2.34. The van der Waals surface area contributed by atoms with E-state index in [2.05, 4.69) is 5.16 Å². The molecule has 0 aliphatic carbocycles. The molecule has 0 saturated carbocycles. The summed E-state index contributed by atoms with van der Waals surface area (Å²) in [4.78, 5) is 27.1. The van der Waals surface area contributed by atoms with E-state index >= 15 is 0 Å². The van der Waals surface area contributed by atoms with Crippen LogP contribution in [0.1, 0.15) is 0 Å². The summed E-state index contributed by atoms with van der Waals surface area (Å²) in [5.41, 5.74) is 0. The zero-order valence-electron chi connectivity index (χ0n) is 18.0. The summed E-state index contributed by atoms with van der Waals surface area (Å²) in [7, 11) is -1.02. The number of ether oxygens (including phenoxy) is 2. The molecular formula is C20H22N4O7S2. The maximum absolute atomic E-state index is 13.2. The van der Waals surface area contributed by atoms with Gasteiger partial charge < -0.3 is 14.4 Å². The summed E-state index contributed by atoms with van der Waals surface area (Å²) in [6.45, 7) is 0.318. The second-order valence-electron chi connectivity index (χ2n) is 7.14. The molecule has 13 heteroatoms. The summed E-state index contributed by atoms with van der Waals surface area (Å²) >= 11 is 1.37. The van der Waals surface area contributed by atoms with Gasteiger partial charge in [-0.25, -0.2) is 17.8 Å². The van der Waals surface area contributed by atoms with Crippen molar-refractivity contribution in [2.45, 2.75) is 11.4 Å². The molecule has 0 bridgehead atoms. The molecule has 1 fully saturated rings. The summed E-state index contributed by atoms with van der Waals surface area (Å²) in [5.74, 6) is -0.159. The van der Waals surface area contributed by atoms with Crippen molar-refractivity contribution in [3.63, 3.8) is 0 Å². The molecule has 33 heavy (non-hydrogen) atoms. The van der Waals surface area contributed by atoms with Crippen LogP contribution in [-0.2, 0) is 21.4 Å². The highest BCUT2D eigenvalue weighted by Gasteiger charge is 2.33. The number of carbonyl (C=O) groups is 1. The number of sulfonamides is 1. The van der Waals surface area contributed by atoms with E-state index in [4.69, 9.17) is 14.0 Å². The van der Waals surface area contributed by atoms with E-state index in [1.165, 1.54) is 51.5 Å². The molecular weight excluding hydrogens is 472 g/mol. The maximum atomic E-state index is 13.2. The van der Waals surface area contributed by atoms with Crippen LogP contribution < -0.4 is 15.2 Å². The van der Waals surface area contributed by atoms with Gasteiger partial charge in [0.1, 0.15) is 22.9 Å². The predicted molar refractivity (Wildman–Crippen MR) is 119 cm³/mol. The Morgan fingerprint density at radius 1 is 1.15 bits per heavy atom. The molecule has 3 aromatic rings. The molecule has 0 N–H and O–H groups in total. The quantitative estimate of drug-likeness (QED) is 0.479. The van der Waals surface area contributed by atoms with Crippen LogP contribution in [0.3, 0.4) is 0 Å². The average molecular weight is 495 g/mol. The number of benzene rings is 1. The van der Waals surface area contributed by atoms with Crippen molar-refractivity contribution < 1.29 is 27.2 Å². The first kappa shape index (κ1) is 23.0. The lowest BCUT2D eigenvalue weighted by atomic mass is 10.3. The average Bonchev–Trinajstić information content (AvgIpc) is 3.49. The lowest BCUT2D eigenvalue weighted by Crippen LogP contribution is -2.51. The van der Waals surface area contributed by atoms with Gasteiger partial charge in [-0.15, -0.1) is 11.3 Å². The van der Waals surface area contributed by atoms with Gasteiger partial charge in [0, 0.05) is 32.2 Å². The Hall–Kier alpha value is -3.16. The van der Waals surface area contributed by atoms with Gasteiger partial charge in [0.2, 0.25) is 15.9 Å².